The van der Waals surface area contributed by atoms with Crippen LogP contribution in [0.1, 0.15) is 19.4 Å². The minimum absolute atomic E-state index is 0.0728. The van der Waals surface area contributed by atoms with Crippen LogP contribution in [0.25, 0.3) is 0 Å². The fourth-order valence-electron chi connectivity index (χ4n) is 3.95. The molecule has 0 atom stereocenters. The highest BCUT2D eigenvalue weighted by Gasteiger charge is 2.22. The molecule has 1 aromatic heterocycles. The lowest BCUT2D eigenvalue weighted by Gasteiger charge is -2.34. The van der Waals surface area contributed by atoms with E-state index in [0.29, 0.717) is 26.3 Å². The molecule has 2 aliphatic rings. The zero-order chi connectivity index (χ0) is 21.6. The van der Waals surface area contributed by atoms with Gasteiger partial charge in [0.05, 0.1) is 11.9 Å². The highest BCUT2D eigenvalue weighted by molar-refractivity contribution is 5.89. The van der Waals surface area contributed by atoms with E-state index in [1.54, 1.807) is 6.20 Å². The molecule has 31 heavy (non-hydrogen) atoms. The van der Waals surface area contributed by atoms with Crippen molar-refractivity contribution in [3.05, 3.63) is 42.1 Å². The van der Waals surface area contributed by atoms with E-state index >= 15 is 0 Å². The second-order valence-electron chi connectivity index (χ2n) is 7.75. The third kappa shape index (κ3) is 5.19. The summed E-state index contributed by atoms with van der Waals surface area (Å²) >= 11 is 0. The van der Waals surface area contributed by atoms with Crippen LogP contribution < -0.4 is 19.7 Å². The Hall–Kier alpha value is -3.00. The maximum atomic E-state index is 12.7. The molecular weight excluding hydrogens is 394 g/mol. The molecule has 0 bridgehead atoms. The normalized spacial score (nSPS) is 16.1. The van der Waals surface area contributed by atoms with Crippen LogP contribution in [-0.2, 0) is 6.54 Å². The molecule has 2 aromatic rings. The van der Waals surface area contributed by atoms with Crippen LogP contribution >= 0.6 is 0 Å². The molecule has 166 valence electrons. The van der Waals surface area contributed by atoms with E-state index in [4.69, 9.17) is 9.47 Å². The molecule has 3 heterocycles. The maximum Gasteiger partial charge on any atom is 0.321 e. The first kappa shape index (κ1) is 21.2. The third-order valence-corrected chi connectivity index (χ3v) is 5.76. The predicted molar refractivity (Wildman–Crippen MR) is 121 cm³/mol. The van der Waals surface area contributed by atoms with Gasteiger partial charge in [0, 0.05) is 45.8 Å². The van der Waals surface area contributed by atoms with Crippen LogP contribution in [0.4, 0.5) is 16.3 Å². The summed E-state index contributed by atoms with van der Waals surface area (Å²) in [5.74, 6) is 2.56. The largest absolute Gasteiger partial charge is 0.486 e. The van der Waals surface area contributed by atoms with Crippen molar-refractivity contribution in [3.8, 4) is 11.5 Å². The van der Waals surface area contributed by atoms with Crippen molar-refractivity contribution >= 4 is 17.5 Å². The van der Waals surface area contributed by atoms with Crippen LogP contribution in [0.3, 0.4) is 0 Å². The SMILES string of the molecule is CCN(CC)c1ccc(NC(=O)N2CCN(Cc3ccc4c(c3)OCCO4)CC2)cn1. The van der Waals surface area contributed by atoms with E-state index < -0.39 is 0 Å². The van der Waals surface area contributed by atoms with Crippen molar-refractivity contribution in [3.63, 3.8) is 0 Å². The molecule has 0 spiro atoms. The van der Waals surface area contributed by atoms with Gasteiger partial charge in [-0.05, 0) is 43.7 Å². The summed E-state index contributed by atoms with van der Waals surface area (Å²) in [6.45, 7) is 11.1. The Morgan fingerprint density at radius 2 is 1.77 bits per heavy atom. The van der Waals surface area contributed by atoms with Gasteiger partial charge in [0.2, 0.25) is 0 Å². The molecule has 1 fully saturated rings. The van der Waals surface area contributed by atoms with E-state index in [9.17, 15) is 4.79 Å². The number of ether oxygens (including phenoxy) is 2. The highest BCUT2D eigenvalue weighted by Crippen LogP contribution is 2.31. The van der Waals surface area contributed by atoms with Gasteiger partial charge in [0.15, 0.2) is 11.5 Å². The molecule has 8 heteroatoms. The van der Waals surface area contributed by atoms with Gasteiger partial charge < -0.3 is 24.6 Å². The number of aromatic nitrogens is 1. The van der Waals surface area contributed by atoms with Gasteiger partial charge in [-0.2, -0.15) is 0 Å². The first-order valence-corrected chi connectivity index (χ1v) is 11.0. The molecule has 1 saturated heterocycles. The van der Waals surface area contributed by atoms with Crippen LogP contribution in [0, 0.1) is 0 Å². The van der Waals surface area contributed by atoms with E-state index in [2.05, 4.69) is 46.1 Å². The molecule has 0 radical (unpaired) electrons. The number of carbonyl (C=O) groups excluding carboxylic acids is 1. The standard InChI is InChI=1S/C23H31N5O3/c1-3-27(4-2)22-8-6-19(16-24-22)25-23(29)28-11-9-26(10-12-28)17-18-5-7-20-21(15-18)31-14-13-30-20/h5-8,15-16H,3-4,9-14,17H2,1-2H3,(H,25,29). The molecule has 4 rings (SSSR count). The van der Waals surface area contributed by atoms with Gasteiger partial charge in [0.25, 0.3) is 0 Å². The highest BCUT2D eigenvalue weighted by atomic mass is 16.6. The van der Waals surface area contributed by atoms with Crippen molar-refractivity contribution in [2.75, 3.05) is 62.7 Å². The van der Waals surface area contributed by atoms with Crippen molar-refractivity contribution in [1.29, 1.82) is 0 Å². The van der Waals surface area contributed by atoms with Crippen molar-refractivity contribution < 1.29 is 14.3 Å². The van der Waals surface area contributed by atoms with Gasteiger partial charge in [-0.25, -0.2) is 9.78 Å². The minimum atomic E-state index is -0.0728. The number of urea groups is 1. The Morgan fingerprint density at radius 3 is 2.45 bits per heavy atom. The quantitative estimate of drug-likeness (QED) is 0.767. The summed E-state index contributed by atoms with van der Waals surface area (Å²) < 4.78 is 11.3. The number of piperazine rings is 1. The molecule has 2 aliphatic heterocycles. The first-order valence-electron chi connectivity index (χ1n) is 11.0. The number of benzene rings is 1. The molecule has 8 nitrogen and oxygen atoms in total. The van der Waals surface area contributed by atoms with E-state index in [0.717, 1.165) is 55.7 Å². The minimum Gasteiger partial charge on any atom is -0.486 e. The van der Waals surface area contributed by atoms with Crippen molar-refractivity contribution in [2.45, 2.75) is 20.4 Å². The van der Waals surface area contributed by atoms with E-state index in [1.165, 1.54) is 5.56 Å². The summed E-state index contributed by atoms with van der Waals surface area (Å²) in [5, 5.41) is 2.97. The Morgan fingerprint density at radius 1 is 1.03 bits per heavy atom. The number of nitrogens with zero attached hydrogens (tertiary/aromatic N) is 4. The third-order valence-electron chi connectivity index (χ3n) is 5.76. The fraction of sp³-hybridized carbons (Fsp3) is 0.478. The molecule has 2 amide bonds. The number of carbonyl (C=O) groups is 1. The Balaban J connectivity index is 1.26. The van der Waals surface area contributed by atoms with Gasteiger partial charge in [-0.15, -0.1) is 0 Å². The number of hydrogen-bond donors (Lipinski definition) is 1. The Labute approximate surface area is 183 Å². The maximum absolute atomic E-state index is 12.7. The number of hydrogen-bond acceptors (Lipinski definition) is 6. The summed E-state index contributed by atoms with van der Waals surface area (Å²) in [5.41, 5.74) is 1.92. The van der Waals surface area contributed by atoms with Crippen molar-refractivity contribution in [2.24, 2.45) is 0 Å². The topological polar surface area (TPSA) is 70.2 Å². The lowest BCUT2D eigenvalue weighted by Crippen LogP contribution is -2.49. The molecule has 1 N–H and O–H groups in total. The van der Waals surface area contributed by atoms with Gasteiger partial charge in [-0.1, -0.05) is 6.07 Å². The van der Waals surface area contributed by atoms with Gasteiger partial charge >= 0.3 is 6.03 Å². The lowest BCUT2D eigenvalue weighted by molar-refractivity contribution is 0.142. The number of amides is 2. The first-order chi connectivity index (χ1) is 15.2. The monoisotopic (exact) mass is 425 g/mol. The molecular formula is C23H31N5O3. The van der Waals surface area contributed by atoms with E-state index in [-0.39, 0.29) is 6.03 Å². The number of rotatable bonds is 6. The zero-order valence-corrected chi connectivity index (χ0v) is 18.3. The van der Waals surface area contributed by atoms with Crippen LogP contribution in [0.2, 0.25) is 0 Å². The number of anilines is 2. The summed E-state index contributed by atoms with van der Waals surface area (Å²) in [6, 6.07) is 9.91. The lowest BCUT2D eigenvalue weighted by atomic mass is 10.1. The number of nitrogens with one attached hydrogen (secondary N) is 1. The van der Waals surface area contributed by atoms with Crippen molar-refractivity contribution in [1.82, 2.24) is 14.8 Å². The van der Waals surface area contributed by atoms with Crippen LogP contribution in [0.5, 0.6) is 11.5 Å². The summed E-state index contributed by atoms with van der Waals surface area (Å²) in [6.07, 6.45) is 1.73. The molecule has 0 aliphatic carbocycles. The molecule has 0 saturated carbocycles. The smallest absolute Gasteiger partial charge is 0.321 e. The van der Waals surface area contributed by atoms with Crippen LogP contribution in [-0.4, -0.2) is 73.3 Å². The van der Waals surface area contributed by atoms with Crippen LogP contribution in [0.15, 0.2) is 36.5 Å². The van der Waals surface area contributed by atoms with Gasteiger partial charge in [-0.3, -0.25) is 4.90 Å². The Bertz CT molecular complexity index is 877. The Kier molecular flexibility index (Phi) is 6.76. The number of pyridine rings is 1. The summed E-state index contributed by atoms with van der Waals surface area (Å²) in [4.78, 5) is 23.5. The average Bonchev–Trinajstić information content (AvgIpc) is 2.81. The fourth-order valence-corrected chi connectivity index (χ4v) is 3.95. The average molecular weight is 426 g/mol. The zero-order valence-electron chi connectivity index (χ0n) is 18.3. The second-order valence-corrected chi connectivity index (χ2v) is 7.75. The molecule has 0 unspecified atom stereocenters. The predicted octanol–water partition coefficient (Wildman–Crippen LogP) is 3.05. The van der Waals surface area contributed by atoms with E-state index in [1.807, 2.05) is 23.1 Å². The summed E-state index contributed by atoms with van der Waals surface area (Å²) in [7, 11) is 0. The second kappa shape index (κ2) is 9.87. The van der Waals surface area contributed by atoms with Gasteiger partial charge in [0.1, 0.15) is 19.0 Å². The molecule has 1 aromatic carbocycles. The number of fused-ring (bicyclic) bond motifs is 1.